The summed E-state index contributed by atoms with van der Waals surface area (Å²) < 4.78 is 5.01. The summed E-state index contributed by atoms with van der Waals surface area (Å²) in [6, 6.07) is 0.394. The molecule has 104 valence electrons. The maximum atomic E-state index is 11.4. The molecule has 0 atom stereocenters. The second-order valence-electron chi connectivity index (χ2n) is 5.28. The second-order valence-corrected chi connectivity index (χ2v) is 5.69. The molecule has 5 heteroatoms. The highest BCUT2D eigenvalue weighted by Crippen LogP contribution is 2.16. The van der Waals surface area contributed by atoms with Crippen molar-refractivity contribution in [2.75, 3.05) is 6.61 Å². The Labute approximate surface area is 115 Å². The molecule has 0 spiro atoms. The van der Waals surface area contributed by atoms with E-state index in [1.807, 2.05) is 13.8 Å². The molecule has 0 bridgehead atoms. The third-order valence-electron chi connectivity index (χ3n) is 2.95. The molecule has 1 fully saturated rings. The number of rotatable bonds is 3. The van der Waals surface area contributed by atoms with E-state index in [9.17, 15) is 4.79 Å². The molecule has 0 heterocycles. The largest absolute Gasteiger partial charge is 0.449 e. The lowest BCUT2D eigenvalue weighted by Crippen LogP contribution is -2.44. The minimum Gasteiger partial charge on any atom is -0.449 e. The third kappa shape index (κ3) is 6.79. The normalized spacial score (nSPS) is 17.1. The van der Waals surface area contributed by atoms with E-state index in [0.29, 0.717) is 23.7 Å². The first kappa shape index (κ1) is 15.2. The van der Waals surface area contributed by atoms with E-state index in [1.54, 1.807) is 0 Å². The molecule has 0 aromatic heterocycles. The Balaban J connectivity index is 2.21. The zero-order valence-electron chi connectivity index (χ0n) is 11.3. The number of thiocarbonyl (C=S) groups is 1. The Morgan fingerprint density at radius 3 is 2.44 bits per heavy atom. The van der Waals surface area contributed by atoms with Gasteiger partial charge in [-0.1, -0.05) is 39.5 Å². The van der Waals surface area contributed by atoms with E-state index in [0.717, 1.165) is 12.8 Å². The van der Waals surface area contributed by atoms with Crippen LogP contribution in [0.4, 0.5) is 4.79 Å². The average Bonchev–Trinajstić information content (AvgIpc) is 2.54. The number of ether oxygens (including phenoxy) is 1. The van der Waals surface area contributed by atoms with Gasteiger partial charge >= 0.3 is 6.09 Å². The van der Waals surface area contributed by atoms with Crippen molar-refractivity contribution >= 4 is 23.4 Å². The molecule has 1 aliphatic carbocycles. The van der Waals surface area contributed by atoms with Crippen LogP contribution in [0, 0.1) is 5.92 Å². The van der Waals surface area contributed by atoms with Gasteiger partial charge in [0, 0.05) is 6.04 Å². The van der Waals surface area contributed by atoms with Crippen molar-refractivity contribution in [3.05, 3.63) is 0 Å². The smallest absolute Gasteiger partial charge is 0.413 e. The van der Waals surface area contributed by atoms with Gasteiger partial charge in [-0.05, 0) is 31.0 Å². The summed E-state index contributed by atoms with van der Waals surface area (Å²) >= 11 is 5.11. The van der Waals surface area contributed by atoms with E-state index in [2.05, 4.69) is 10.6 Å². The molecular formula is C13H24N2O2S. The van der Waals surface area contributed by atoms with Gasteiger partial charge in [0.15, 0.2) is 5.11 Å². The van der Waals surface area contributed by atoms with Crippen molar-refractivity contribution in [2.24, 2.45) is 5.92 Å². The van der Waals surface area contributed by atoms with Crippen molar-refractivity contribution in [1.82, 2.24) is 10.6 Å². The van der Waals surface area contributed by atoms with Gasteiger partial charge in [-0.25, -0.2) is 4.79 Å². The first-order valence-electron chi connectivity index (χ1n) is 6.82. The zero-order valence-corrected chi connectivity index (χ0v) is 12.1. The molecule has 1 aliphatic rings. The lowest BCUT2D eigenvalue weighted by atomic mass is 10.1. The Bertz CT molecular complexity index is 274. The van der Waals surface area contributed by atoms with Crippen molar-refractivity contribution in [1.29, 1.82) is 0 Å². The summed E-state index contributed by atoms with van der Waals surface area (Å²) in [5, 5.41) is 6.14. The van der Waals surface area contributed by atoms with Gasteiger partial charge in [0.1, 0.15) is 0 Å². The monoisotopic (exact) mass is 272 g/mol. The van der Waals surface area contributed by atoms with E-state index in [1.165, 1.54) is 25.7 Å². The van der Waals surface area contributed by atoms with E-state index in [4.69, 9.17) is 17.0 Å². The number of amides is 1. The minimum absolute atomic E-state index is 0.333. The molecule has 0 aliphatic heterocycles. The van der Waals surface area contributed by atoms with Crippen molar-refractivity contribution in [3.63, 3.8) is 0 Å². The number of alkyl carbamates (subject to hydrolysis) is 1. The summed E-state index contributed by atoms with van der Waals surface area (Å²) in [6.07, 6.45) is 6.86. The molecule has 0 saturated heterocycles. The number of hydrogen-bond acceptors (Lipinski definition) is 3. The number of carbonyl (C=O) groups is 1. The maximum Gasteiger partial charge on any atom is 0.413 e. The van der Waals surface area contributed by atoms with Crippen LogP contribution in [0.1, 0.15) is 52.4 Å². The lowest BCUT2D eigenvalue weighted by Gasteiger charge is -2.18. The molecule has 1 amide bonds. The van der Waals surface area contributed by atoms with Gasteiger partial charge in [-0.3, -0.25) is 5.32 Å². The molecular weight excluding hydrogens is 248 g/mol. The van der Waals surface area contributed by atoms with Crippen LogP contribution in [0.3, 0.4) is 0 Å². The Hall–Kier alpha value is -0.840. The summed E-state index contributed by atoms with van der Waals surface area (Å²) in [5.74, 6) is 0.333. The maximum absolute atomic E-state index is 11.4. The Morgan fingerprint density at radius 1 is 1.28 bits per heavy atom. The van der Waals surface area contributed by atoms with Crippen LogP contribution in [0.5, 0.6) is 0 Å². The zero-order chi connectivity index (χ0) is 13.4. The van der Waals surface area contributed by atoms with Crippen LogP contribution < -0.4 is 10.6 Å². The fourth-order valence-electron chi connectivity index (χ4n) is 2.02. The molecule has 18 heavy (non-hydrogen) atoms. The van der Waals surface area contributed by atoms with Crippen LogP contribution >= 0.6 is 12.2 Å². The van der Waals surface area contributed by atoms with E-state index < -0.39 is 6.09 Å². The molecule has 4 nitrogen and oxygen atoms in total. The molecule has 0 unspecified atom stereocenters. The average molecular weight is 272 g/mol. The second kappa shape index (κ2) is 8.29. The number of hydrogen-bond donors (Lipinski definition) is 2. The Morgan fingerprint density at radius 2 is 1.89 bits per heavy atom. The van der Waals surface area contributed by atoms with Crippen molar-refractivity contribution < 1.29 is 9.53 Å². The predicted octanol–water partition coefficient (Wildman–Crippen LogP) is 2.97. The van der Waals surface area contributed by atoms with Gasteiger partial charge in [0.05, 0.1) is 6.61 Å². The topological polar surface area (TPSA) is 50.4 Å². The molecule has 1 rings (SSSR count). The summed E-state index contributed by atoms with van der Waals surface area (Å²) in [7, 11) is 0. The number of nitrogens with one attached hydrogen (secondary N) is 2. The van der Waals surface area contributed by atoms with Crippen LogP contribution in [0.2, 0.25) is 0 Å². The number of carbonyl (C=O) groups excluding carboxylic acids is 1. The van der Waals surface area contributed by atoms with Crippen molar-refractivity contribution in [3.8, 4) is 0 Å². The first-order valence-corrected chi connectivity index (χ1v) is 7.23. The highest BCUT2D eigenvalue weighted by atomic mass is 32.1. The van der Waals surface area contributed by atoms with E-state index in [-0.39, 0.29) is 0 Å². The molecule has 0 aromatic rings. The van der Waals surface area contributed by atoms with Gasteiger partial charge < -0.3 is 10.1 Å². The molecule has 2 N–H and O–H groups in total. The lowest BCUT2D eigenvalue weighted by molar-refractivity contribution is 0.138. The molecule has 0 radical (unpaired) electrons. The van der Waals surface area contributed by atoms with Crippen LogP contribution in [0.25, 0.3) is 0 Å². The van der Waals surface area contributed by atoms with E-state index >= 15 is 0 Å². The van der Waals surface area contributed by atoms with Gasteiger partial charge in [0.2, 0.25) is 0 Å². The van der Waals surface area contributed by atoms with Gasteiger partial charge in [0.25, 0.3) is 0 Å². The summed E-state index contributed by atoms with van der Waals surface area (Å²) in [6.45, 7) is 4.41. The Kier molecular flexibility index (Phi) is 7.01. The highest BCUT2D eigenvalue weighted by molar-refractivity contribution is 7.80. The molecule has 1 saturated carbocycles. The van der Waals surface area contributed by atoms with Crippen LogP contribution in [-0.4, -0.2) is 23.9 Å². The fraction of sp³-hybridized carbons (Fsp3) is 0.846. The predicted molar refractivity (Wildman–Crippen MR) is 76.5 cm³/mol. The quantitative estimate of drug-likeness (QED) is 0.612. The fourth-order valence-corrected chi connectivity index (χ4v) is 2.27. The highest BCUT2D eigenvalue weighted by Gasteiger charge is 2.14. The third-order valence-corrected chi connectivity index (χ3v) is 3.17. The van der Waals surface area contributed by atoms with Gasteiger partial charge in [-0.2, -0.15) is 0 Å². The van der Waals surface area contributed by atoms with Crippen LogP contribution in [0.15, 0.2) is 0 Å². The standard InChI is InChI=1S/C13H24N2O2S/c1-10(2)9-17-13(16)15-12(18)14-11-7-5-3-4-6-8-11/h10-11H,3-9H2,1-2H3,(H2,14,15,16,18). The molecule has 0 aromatic carbocycles. The van der Waals surface area contributed by atoms with Gasteiger partial charge in [-0.15, -0.1) is 0 Å². The summed E-state index contributed by atoms with van der Waals surface area (Å²) in [4.78, 5) is 11.4. The summed E-state index contributed by atoms with van der Waals surface area (Å²) in [5.41, 5.74) is 0. The first-order chi connectivity index (χ1) is 8.58. The minimum atomic E-state index is -0.463. The van der Waals surface area contributed by atoms with Crippen molar-refractivity contribution in [2.45, 2.75) is 58.4 Å². The van der Waals surface area contributed by atoms with Crippen LogP contribution in [-0.2, 0) is 4.74 Å². The SMILES string of the molecule is CC(C)COC(=O)NC(=S)NC1CCCCCC1.